The van der Waals surface area contributed by atoms with Crippen LogP contribution in [0.25, 0.3) is 0 Å². The quantitative estimate of drug-likeness (QED) is 0.671. The Morgan fingerprint density at radius 3 is 2.53 bits per heavy atom. The number of aryl methyl sites for hydroxylation is 1. The average molecular weight is 264 g/mol. The van der Waals surface area contributed by atoms with Crippen LogP contribution in [0.5, 0.6) is 5.75 Å². The molecule has 0 amide bonds. The fourth-order valence-corrected chi connectivity index (χ4v) is 1.99. The second-order valence-corrected chi connectivity index (χ2v) is 4.92. The summed E-state index contributed by atoms with van der Waals surface area (Å²) < 4.78 is 5.60. The van der Waals surface area contributed by atoms with E-state index in [0.29, 0.717) is 12.4 Å². The molecule has 1 aromatic rings. The molecule has 0 aliphatic rings. The number of hydrogen-bond acceptors (Lipinski definition) is 2. The lowest BCUT2D eigenvalue weighted by Crippen LogP contribution is -2.04. The number of benzene rings is 1. The summed E-state index contributed by atoms with van der Waals surface area (Å²) in [4.78, 5) is 11.1. The molecule has 0 aliphatic heterocycles. The van der Waals surface area contributed by atoms with Crippen LogP contribution in [0.1, 0.15) is 61.4 Å². The van der Waals surface area contributed by atoms with Gasteiger partial charge < -0.3 is 9.84 Å². The molecule has 1 N–H and O–H groups in total. The van der Waals surface area contributed by atoms with Crippen LogP contribution in [-0.2, 0) is 0 Å². The molecule has 0 spiro atoms. The van der Waals surface area contributed by atoms with Crippen molar-refractivity contribution in [3.05, 3.63) is 29.3 Å². The highest BCUT2D eigenvalue weighted by atomic mass is 16.5. The maximum atomic E-state index is 11.1. The van der Waals surface area contributed by atoms with Gasteiger partial charge in [-0.25, -0.2) is 4.79 Å². The first-order valence-electron chi connectivity index (χ1n) is 7.12. The van der Waals surface area contributed by atoms with E-state index >= 15 is 0 Å². The Kier molecular flexibility index (Phi) is 7.01. The van der Waals surface area contributed by atoms with Gasteiger partial charge in [0.05, 0.1) is 6.61 Å². The highest BCUT2D eigenvalue weighted by Gasteiger charge is 2.10. The van der Waals surface area contributed by atoms with Crippen molar-refractivity contribution >= 4 is 5.97 Å². The number of unbranched alkanes of at least 4 members (excludes halogenated alkanes) is 5. The lowest BCUT2D eigenvalue weighted by Gasteiger charge is -2.10. The highest BCUT2D eigenvalue weighted by molar-refractivity contribution is 5.90. The van der Waals surface area contributed by atoms with E-state index in [0.717, 1.165) is 18.4 Å². The molecular formula is C16H24O3. The molecule has 0 radical (unpaired) electrons. The fourth-order valence-electron chi connectivity index (χ4n) is 1.99. The zero-order valence-electron chi connectivity index (χ0n) is 11.9. The van der Waals surface area contributed by atoms with Crippen molar-refractivity contribution in [1.82, 2.24) is 0 Å². The Labute approximate surface area is 115 Å². The third kappa shape index (κ3) is 5.77. The maximum Gasteiger partial charge on any atom is 0.339 e. The van der Waals surface area contributed by atoms with Gasteiger partial charge in [0.15, 0.2) is 0 Å². The molecule has 0 saturated carbocycles. The summed E-state index contributed by atoms with van der Waals surface area (Å²) in [5.74, 6) is -0.445. The van der Waals surface area contributed by atoms with Crippen molar-refractivity contribution < 1.29 is 14.6 Å². The SMILES string of the molecule is CCCCCCCCOc1cc(C)ccc1C(=O)O. The number of ether oxygens (including phenoxy) is 1. The number of aromatic carboxylic acids is 1. The van der Waals surface area contributed by atoms with E-state index in [1.807, 2.05) is 6.92 Å². The van der Waals surface area contributed by atoms with Crippen LogP contribution in [0.4, 0.5) is 0 Å². The Morgan fingerprint density at radius 1 is 1.16 bits per heavy atom. The van der Waals surface area contributed by atoms with E-state index < -0.39 is 5.97 Å². The molecule has 19 heavy (non-hydrogen) atoms. The van der Waals surface area contributed by atoms with Gasteiger partial charge in [-0.05, 0) is 31.0 Å². The monoisotopic (exact) mass is 264 g/mol. The molecule has 0 atom stereocenters. The summed E-state index contributed by atoms with van der Waals surface area (Å²) in [6, 6.07) is 5.19. The largest absolute Gasteiger partial charge is 0.493 e. The zero-order chi connectivity index (χ0) is 14.1. The topological polar surface area (TPSA) is 46.5 Å². The van der Waals surface area contributed by atoms with E-state index in [1.165, 1.54) is 25.7 Å². The van der Waals surface area contributed by atoms with Crippen LogP contribution < -0.4 is 4.74 Å². The number of hydrogen-bond donors (Lipinski definition) is 1. The van der Waals surface area contributed by atoms with Gasteiger partial charge in [0.1, 0.15) is 11.3 Å². The minimum Gasteiger partial charge on any atom is -0.493 e. The van der Waals surface area contributed by atoms with Crippen molar-refractivity contribution in [2.75, 3.05) is 6.61 Å². The molecule has 0 heterocycles. The van der Waals surface area contributed by atoms with Crippen LogP contribution in [0.3, 0.4) is 0 Å². The van der Waals surface area contributed by atoms with Crippen LogP contribution in [0, 0.1) is 6.92 Å². The first-order valence-corrected chi connectivity index (χ1v) is 7.12. The molecule has 0 saturated heterocycles. The molecule has 3 heteroatoms. The predicted molar refractivity (Wildman–Crippen MR) is 77.0 cm³/mol. The minimum atomic E-state index is -0.932. The second-order valence-electron chi connectivity index (χ2n) is 4.92. The fraction of sp³-hybridized carbons (Fsp3) is 0.562. The molecule has 3 nitrogen and oxygen atoms in total. The normalized spacial score (nSPS) is 10.4. The summed E-state index contributed by atoms with van der Waals surface area (Å²) >= 11 is 0. The molecule has 106 valence electrons. The van der Waals surface area contributed by atoms with Crippen LogP contribution in [-0.4, -0.2) is 17.7 Å². The van der Waals surface area contributed by atoms with Crippen LogP contribution in [0.15, 0.2) is 18.2 Å². The number of rotatable bonds is 9. The first-order chi connectivity index (χ1) is 9.15. The van der Waals surface area contributed by atoms with Crippen molar-refractivity contribution in [1.29, 1.82) is 0 Å². The smallest absolute Gasteiger partial charge is 0.339 e. The molecular weight excluding hydrogens is 240 g/mol. The number of carboxylic acids is 1. The third-order valence-electron chi connectivity index (χ3n) is 3.12. The van der Waals surface area contributed by atoms with Crippen molar-refractivity contribution in [2.24, 2.45) is 0 Å². The Hall–Kier alpha value is -1.51. The maximum absolute atomic E-state index is 11.1. The van der Waals surface area contributed by atoms with Gasteiger partial charge in [-0.3, -0.25) is 0 Å². The van der Waals surface area contributed by atoms with Gasteiger partial charge in [-0.2, -0.15) is 0 Å². The lowest BCUT2D eigenvalue weighted by atomic mass is 10.1. The summed E-state index contributed by atoms with van der Waals surface area (Å²) in [5, 5.41) is 9.08. The lowest BCUT2D eigenvalue weighted by molar-refractivity contribution is 0.0692. The molecule has 0 aliphatic carbocycles. The van der Waals surface area contributed by atoms with Crippen molar-refractivity contribution in [3.63, 3.8) is 0 Å². The van der Waals surface area contributed by atoms with E-state index in [4.69, 9.17) is 9.84 Å². The van der Waals surface area contributed by atoms with Crippen LogP contribution >= 0.6 is 0 Å². The van der Waals surface area contributed by atoms with E-state index in [1.54, 1.807) is 18.2 Å². The van der Waals surface area contributed by atoms with E-state index in [2.05, 4.69) is 6.92 Å². The second kappa shape index (κ2) is 8.57. The Morgan fingerprint density at radius 2 is 1.84 bits per heavy atom. The summed E-state index contributed by atoms with van der Waals surface area (Å²) in [6.07, 6.45) is 7.19. The zero-order valence-corrected chi connectivity index (χ0v) is 11.9. The molecule has 0 fully saturated rings. The van der Waals surface area contributed by atoms with Crippen LogP contribution in [0.2, 0.25) is 0 Å². The molecule has 1 rings (SSSR count). The molecule has 0 aromatic heterocycles. The summed E-state index contributed by atoms with van der Waals surface area (Å²) in [6.45, 7) is 4.73. The summed E-state index contributed by atoms with van der Waals surface area (Å²) in [5.41, 5.74) is 1.26. The molecule has 0 bridgehead atoms. The predicted octanol–water partition coefficient (Wildman–Crippen LogP) is 4.43. The standard InChI is InChI=1S/C16H24O3/c1-3-4-5-6-7-8-11-19-15-12-13(2)9-10-14(15)16(17)18/h9-10,12H,3-8,11H2,1-2H3,(H,17,18). The van der Waals surface area contributed by atoms with Crippen molar-refractivity contribution in [2.45, 2.75) is 52.4 Å². The summed E-state index contributed by atoms with van der Waals surface area (Å²) in [7, 11) is 0. The van der Waals surface area contributed by atoms with Gasteiger partial charge in [0, 0.05) is 0 Å². The number of carboxylic acid groups (broad SMARTS) is 1. The Bertz CT molecular complexity index is 399. The van der Waals surface area contributed by atoms with Gasteiger partial charge >= 0.3 is 5.97 Å². The third-order valence-corrected chi connectivity index (χ3v) is 3.12. The first kappa shape index (κ1) is 15.5. The highest BCUT2D eigenvalue weighted by Crippen LogP contribution is 2.20. The average Bonchev–Trinajstić information content (AvgIpc) is 2.37. The number of carbonyl (C=O) groups is 1. The van der Waals surface area contributed by atoms with Gasteiger partial charge in [0.2, 0.25) is 0 Å². The Balaban J connectivity index is 2.36. The van der Waals surface area contributed by atoms with E-state index in [9.17, 15) is 4.79 Å². The molecule has 1 aromatic carbocycles. The molecule has 0 unspecified atom stereocenters. The minimum absolute atomic E-state index is 0.247. The van der Waals surface area contributed by atoms with Crippen molar-refractivity contribution in [3.8, 4) is 5.75 Å². The van der Waals surface area contributed by atoms with Gasteiger partial charge in [0.25, 0.3) is 0 Å². The van der Waals surface area contributed by atoms with Gasteiger partial charge in [-0.1, -0.05) is 45.1 Å². The van der Waals surface area contributed by atoms with Gasteiger partial charge in [-0.15, -0.1) is 0 Å². The van der Waals surface area contributed by atoms with E-state index in [-0.39, 0.29) is 5.56 Å².